The van der Waals surface area contributed by atoms with Gasteiger partial charge in [0.2, 0.25) is 5.56 Å². The van der Waals surface area contributed by atoms with Crippen LogP contribution in [0.25, 0.3) is 0 Å². The van der Waals surface area contributed by atoms with Crippen molar-refractivity contribution in [2.45, 2.75) is 18.9 Å². The maximum Gasteiger partial charge on any atom is 0.254 e. The van der Waals surface area contributed by atoms with Crippen molar-refractivity contribution in [2.75, 3.05) is 26.3 Å². The lowest BCUT2D eigenvalue weighted by atomic mass is 10.1. The first kappa shape index (κ1) is 13.8. The molecule has 0 aromatic carbocycles. The van der Waals surface area contributed by atoms with E-state index < -0.39 is 0 Å². The van der Waals surface area contributed by atoms with E-state index in [2.05, 4.69) is 4.98 Å². The topological polar surface area (TPSA) is 82.6 Å². The number of likely N-dealkylation sites (tertiary alicyclic amines) is 1. The highest BCUT2D eigenvalue weighted by Crippen LogP contribution is 2.15. The van der Waals surface area contributed by atoms with E-state index in [0.29, 0.717) is 25.3 Å². The Kier molecular flexibility index (Phi) is 4.70. The molecule has 0 spiro atoms. The Hall–Kier alpha value is -1.66. The number of aliphatic hydroxyl groups is 1. The standard InChI is InChI=1S/C13H18N2O4/c16-7-8-19-11-2-5-15(6-3-11)13(18)10-1-4-14-12(17)9-10/h1,4,9,11,16H,2-3,5-8H2,(H,14,17). The number of hydrogen-bond donors (Lipinski definition) is 2. The molecule has 1 aliphatic rings. The Balaban J connectivity index is 1.91. The van der Waals surface area contributed by atoms with Gasteiger partial charge < -0.3 is 19.7 Å². The first-order chi connectivity index (χ1) is 9.20. The normalized spacial score (nSPS) is 16.6. The number of nitrogens with zero attached hydrogens (tertiary/aromatic N) is 1. The quantitative estimate of drug-likeness (QED) is 0.803. The third-order valence-electron chi connectivity index (χ3n) is 3.20. The van der Waals surface area contributed by atoms with Crippen LogP contribution >= 0.6 is 0 Å². The Bertz CT molecular complexity index is 478. The van der Waals surface area contributed by atoms with E-state index in [9.17, 15) is 9.59 Å². The second-order valence-corrected chi connectivity index (χ2v) is 4.53. The lowest BCUT2D eigenvalue weighted by Gasteiger charge is -2.31. The van der Waals surface area contributed by atoms with Crippen molar-refractivity contribution in [1.29, 1.82) is 0 Å². The Morgan fingerprint density at radius 2 is 2.21 bits per heavy atom. The Morgan fingerprint density at radius 1 is 1.47 bits per heavy atom. The molecule has 2 N–H and O–H groups in total. The molecule has 1 fully saturated rings. The van der Waals surface area contributed by atoms with Gasteiger partial charge in [0.05, 0.1) is 19.3 Å². The number of H-pyrrole nitrogens is 1. The zero-order chi connectivity index (χ0) is 13.7. The first-order valence-electron chi connectivity index (χ1n) is 6.41. The van der Waals surface area contributed by atoms with Crippen LogP contribution in [0.1, 0.15) is 23.2 Å². The first-order valence-corrected chi connectivity index (χ1v) is 6.41. The number of aromatic amines is 1. The molecule has 0 saturated carbocycles. The van der Waals surface area contributed by atoms with Gasteiger partial charge >= 0.3 is 0 Å². The number of amides is 1. The van der Waals surface area contributed by atoms with Crippen molar-refractivity contribution >= 4 is 5.91 Å². The van der Waals surface area contributed by atoms with Crippen molar-refractivity contribution in [1.82, 2.24) is 9.88 Å². The molecule has 6 nitrogen and oxygen atoms in total. The summed E-state index contributed by atoms with van der Waals surface area (Å²) in [6, 6.07) is 2.93. The van der Waals surface area contributed by atoms with Gasteiger partial charge in [0.25, 0.3) is 5.91 Å². The smallest absolute Gasteiger partial charge is 0.254 e. The zero-order valence-electron chi connectivity index (χ0n) is 10.7. The summed E-state index contributed by atoms with van der Waals surface area (Å²) >= 11 is 0. The summed E-state index contributed by atoms with van der Waals surface area (Å²) in [6.45, 7) is 1.59. The van der Waals surface area contributed by atoms with Crippen LogP contribution in [0, 0.1) is 0 Å². The molecule has 2 rings (SSSR count). The summed E-state index contributed by atoms with van der Waals surface area (Å²) in [4.78, 5) is 27.6. The highest BCUT2D eigenvalue weighted by Gasteiger charge is 2.23. The molecular weight excluding hydrogens is 248 g/mol. The van der Waals surface area contributed by atoms with E-state index in [4.69, 9.17) is 9.84 Å². The Labute approximate surface area is 111 Å². The molecular formula is C13H18N2O4. The van der Waals surface area contributed by atoms with Crippen LogP contribution in [0.15, 0.2) is 23.1 Å². The summed E-state index contributed by atoms with van der Waals surface area (Å²) in [5.74, 6) is -0.119. The van der Waals surface area contributed by atoms with Gasteiger partial charge in [0.1, 0.15) is 0 Å². The predicted molar refractivity (Wildman–Crippen MR) is 69.0 cm³/mol. The summed E-state index contributed by atoms with van der Waals surface area (Å²) in [5, 5.41) is 8.69. The molecule has 0 aliphatic carbocycles. The van der Waals surface area contributed by atoms with Crippen molar-refractivity contribution in [3.63, 3.8) is 0 Å². The third kappa shape index (κ3) is 3.65. The number of aliphatic hydroxyl groups excluding tert-OH is 1. The van der Waals surface area contributed by atoms with E-state index in [-0.39, 0.29) is 24.2 Å². The number of rotatable bonds is 4. The van der Waals surface area contributed by atoms with Crippen LogP contribution in [0.4, 0.5) is 0 Å². The number of carbonyl (C=O) groups excluding carboxylic acids is 1. The molecule has 0 bridgehead atoms. The lowest BCUT2D eigenvalue weighted by molar-refractivity contribution is -0.00554. The minimum absolute atomic E-state index is 0.0198. The second-order valence-electron chi connectivity index (χ2n) is 4.53. The van der Waals surface area contributed by atoms with Gasteiger partial charge in [-0.05, 0) is 18.9 Å². The van der Waals surface area contributed by atoms with Crippen LogP contribution in [0.5, 0.6) is 0 Å². The van der Waals surface area contributed by atoms with Gasteiger partial charge in [0.15, 0.2) is 0 Å². The zero-order valence-corrected chi connectivity index (χ0v) is 10.7. The molecule has 1 aromatic heterocycles. The summed E-state index contributed by atoms with van der Waals surface area (Å²) in [5.41, 5.74) is 0.144. The van der Waals surface area contributed by atoms with Gasteiger partial charge in [-0.15, -0.1) is 0 Å². The highest BCUT2D eigenvalue weighted by molar-refractivity contribution is 5.94. The molecule has 1 saturated heterocycles. The maximum atomic E-state index is 12.2. The Morgan fingerprint density at radius 3 is 2.84 bits per heavy atom. The van der Waals surface area contributed by atoms with Gasteiger partial charge in [-0.3, -0.25) is 9.59 Å². The largest absolute Gasteiger partial charge is 0.394 e. The monoisotopic (exact) mass is 266 g/mol. The number of pyridine rings is 1. The number of nitrogens with one attached hydrogen (secondary N) is 1. The van der Waals surface area contributed by atoms with Gasteiger partial charge in [0, 0.05) is 30.9 Å². The average Bonchev–Trinajstić information content (AvgIpc) is 2.45. The van der Waals surface area contributed by atoms with E-state index in [0.717, 1.165) is 12.8 Å². The van der Waals surface area contributed by atoms with Gasteiger partial charge in [-0.25, -0.2) is 0 Å². The van der Waals surface area contributed by atoms with Crippen LogP contribution in [0.3, 0.4) is 0 Å². The SMILES string of the molecule is O=C(c1cc[nH]c(=O)c1)N1CCC(OCCO)CC1. The van der Waals surface area contributed by atoms with Crippen molar-refractivity contribution in [3.05, 3.63) is 34.2 Å². The molecule has 0 radical (unpaired) electrons. The van der Waals surface area contributed by atoms with Crippen LogP contribution in [-0.4, -0.2) is 53.3 Å². The fraction of sp³-hybridized carbons (Fsp3) is 0.538. The number of aromatic nitrogens is 1. The molecule has 104 valence electrons. The molecule has 1 aromatic rings. The van der Waals surface area contributed by atoms with E-state index >= 15 is 0 Å². The lowest BCUT2D eigenvalue weighted by Crippen LogP contribution is -2.41. The fourth-order valence-corrected chi connectivity index (χ4v) is 2.21. The van der Waals surface area contributed by atoms with Crippen molar-refractivity contribution in [3.8, 4) is 0 Å². The van der Waals surface area contributed by atoms with Gasteiger partial charge in [-0.2, -0.15) is 0 Å². The van der Waals surface area contributed by atoms with E-state index in [1.54, 1.807) is 11.0 Å². The minimum Gasteiger partial charge on any atom is -0.394 e. The number of ether oxygens (including phenoxy) is 1. The average molecular weight is 266 g/mol. The summed E-state index contributed by atoms with van der Waals surface area (Å²) in [7, 11) is 0. The summed E-state index contributed by atoms with van der Waals surface area (Å²) in [6.07, 6.45) is 3.10. The third-order valence-corrected chi connectivity index (χ3v) is 3.20. The number of carbonyl (C=O) groups is 1. The molecule has 2 heterocycles. The second kappa shape index (κ2) is 6.49. The molecule has 6 heteroatoms. The van der Waals surface area contributed by atoms with Crippen molar-refractivity contribution < 1.29 is 14.6 Å². The van der Waals surface area contributed by atoms with Crippen LogP contribution < -0.4 is 5.56 Å². The van der Waals surface area contributed by atoms with Crippen molar-refractivity contribution in [2.24, 2.45) is 0 Å². The molecule has 1 aliphatic heterocycles. The molecule has 19 heavy (non-hydrogen) atoms. The number of hydrogen-bond acceptors (Lipinski definition) is 4. The van der Waals surface area contributed by atoms with E-state index in [1.165, 1.54) is 12.3 Å². The summed E-state index contributed by atoms with van der Waals surface area (Å²) < 4.78 is 5.44. The van der Waals surface area contributed by atoms with Crippen LogP contribution in [-0.2, 0) is 4.74 Å². The van der Waals surface area contributed by atoms with Crippen LogP contribution in [0.2, 0.25) is 0 Å². The molecule has 0 unspecified atom stereocenters. The molecule has 0 atom stereocenters. The minimum atomic E-state index is -0.271. The number of piperidine rings is 1. The molecule has 1 amide bonds. The van der Waals surface area contributed by atoms with Gasteiger partial charge in [-0.1, -0.05) is 0 Å². The fourth-order valence-electron chi connectivity index (χ4n) is 2.21. The maximum absolute atomic E-state index is 12.2. The van der Waals surface area contributed by atoms with E-state index in [1.807, 2.05) is 0 Å². The predicted octanol–water partition coefficient (Wildman–Crippen LogP) is -0.0116. The highest BCUT2D eigenvalue weighted by atomic mass is 16.5.